The number of nitrogens with zero attached hydrogens (tertiary/aromatic N) is 1. The van der Waals surface area contributed by atoms with Crippen molar-refractivity contribution in [2.24, 2.45) is 11.7 Å². The normalized spacial score (nSPS) is 22.2. The monoisotopic (exact) mass is 274 g/mol. The Morgan fingerprint density at radius 1 is 1.53 bits per heavy atom. The van der Waals surface area contributed by atoms with E-state index >= 15 is 0 Å². The molecule has 2 nitrogen and oxygen atoms in total. The van der Waals surface area contributed by atoms with Gasteiger partial charge in [-0.3, -0.25) is 4.90 Å². The molecule has 17 heavy (non-hydrogen) atoms. The van der Waals surface area contributed by atoms with E-state index in [4.69, 9.17) is 17.3 Å². The van der Waals surface area contributed by atoms with Crippen molar-refractivity contribution < 1.29 is 0 Å². The molecule has 2 N–H and O–H groups in total. The van der Waals surface area contributed by atoms with Gasteiger partial charge in [0.1, 0.15) is 0 Å². The number of hydrogen-bond acceptors (Lipinski definition) is 2. The fraction of sp³-hybridized carbons (Fsp3) is 0.538. The second-order valence-corrected chi connectivity index (χ2v) is 5.21. The number of nitrogens with two attached hydrogens (primary N) is 1. The molecule has 1 fully saturated rings. The first-order chi connectivity index (χ1) is 7.65. The molecule has 1 aromatic rings. The van der Waals surface area contributed by atoms with Crippen molar-refractivity contribution in [1.82, 2.24) is 4.90 Å². The van der Waals surface area contributed by atoms with Crippen LogP contribution in [-0.4, -0.2) is 24.0 Å². The molecule has 1 aromatic carbocycles. The minimum Gasteiger partial charge on any atom is -0.328 e. The number of benzene rings is 1. The van der Waals surface area contributed by atoms with Crippen LogP contribution in [0, 0.1) is 5.92 Å². The van der Waals surface area contributed by atoms with Gasteiger partial charge in [0, 0.05) is 24.2 Å². The summed E-state index contributed by atoms with van der Waals surface area (Å²) in [6.45, 7) is 5.36. The van der Waals surface area contributed by atoms with Crippen LogP contribution in [0.15, 0.2) is 24.3 Å². The van der Waals surface area contributed by atoms with E-state index in [0.29, 0.717) is 12.0 Å². The van der Waals surface area contributed by atoms with E-state index in [1.165, 1.54) is 12.0 Å². The molecule has 0 amide bonds. The number of rotatable bonds is 3. The lowest BCUT2D eigenvalue weighted by Gasteiger charge is -2.17. The molecule has 1 heterocycles. The second-order valence-electron chi connectivity index (χ2n) is 4.77. The van der Waals surface area contributed by atoms with E-state index in [1.807, 2.05) is 18.2 Å². The molecule has 0 saturated carbocycles. The highest BCUT2D eigenvalue weighted by atomic mass is 35.5. The molecule has 0 bridgehead atoms. The Bertz CT molecular complexity index is 355. The molecule has 2 rings (SSSR count). The highest BCUT2D eigenvalue weighted by Crippen LogP contribution is 2.21. The molecular formula is C13H20Cl2N2. The molecule has 0 spiro atoms. The molecular weight excluding hydrogens is 255 g/mol. The smallest absolute Gasteiger partial charge is 0.0409 e. The summed E-state index contributed by atoms with van der Waals surface area (Å²) >= 11 is 5.97. The maximum absolute atomic E-state index is 5.97. The lowest BCUT2D eigenvalue weighted by atomic mass is 10.0. The molecule has 0 aliphatic carbocycles. The van der Waals surface area contributed by atoms with Gasteiger partial charge in [-0.2, -0.15) is 0 Å². The average molecular weight is 275 g/mol. The SMILES string of the molecule is CC(N)C1CCN(Cc2cccc(Cl)c2)C1.Cl. The third-order valence-corrected chi connectivity index (χ3v) is 3.58. The quantitative estimate of drug-likeness (QED) is 0.919. The fourth-order valence-corrected chi connectivity index (χ4v) is 2.54. The van der Waals surface area contributed by atoms with Crippen LogP contribution in [0.3, 0.4) is 0 Å². The van der Waals surface area contributed by atoms with Gasteiger partial charge in [0.25, 0.3) is 0 Å². The molecule has 0 aromatic heterocycles. The van der Waals surface area contributed by atoms with Crippen molar-refractivity contribution in [1.29, 1.82) is 0 Å². The Balaban J connectivity index is 0.00000144. The van der Waals surface area contributed by atoms with Crippen molar-refractivity contribution in [2.45, 2.75) is 25.9 Å². The van der Waals surface area contributed by atoms with Crippen molar-refractivity contribution >= 4 is 24.0 Å². The maximum atomic E-state index is 5.97. The van der Waals surface area contributed by atoms with Gasteiger partial charge in [-0.25, -0.2) is 0 Å². The van der Waals surface area contributed by atoms with Crippen LogP contribution in [0.1, 0.15) is 18.9 Å². The van der Waals surface area contributed by atoms with Crippen LogP contribution in [0.25, 0.3) is 0 Å². The van der Waals surface area contributed by atoms with Crippen LogP contribution < -0.4 is 5.73 Å². The van der Waals surface area contributed by atoms with Gasteiger partial charge in [-0.1, -0.05) is 23.7 Å². The van der Waals surface area contributed by atoms with Crippen LogP contribution in [0.5, 0.6) is 0 Å². The Morgan fingerprint density at radius 3 is 2.88 bits per heavy atom. The zero-order chi connectivity index (χ0) is 11.5. The fourth-order valence-electron chi connectivity index (χ4n) is 2.33. The molecule has 2 atom stereocenters. The van der Waals surface area contributed by atoms with E-state index in [1.54, 1.807) is 0 Å². The molecule has 4 heteroatoms. The summed E-state index contributed by atoms with van der Waals surface area (Å²) in [5, 5.41) is 0.820. The van der Waals surface area contributed by atoms with Crippen molar-refractivity contribution in [2.75, 3.05) is 13.1 Å². The standard InChI is InChI=1S/C13H19ClN2.ClH/c1-10(15)12-5-6-16(9-12)8-11-3-2-4-13(14)7-11;/h2-4,7,10,12H,5-6,8-9,15H2,1H3;1H. The third kappa shape index (κ3) is 4.14. The topological polar surface area (TPSA) is 29.3 Å². The van der Waals surface area contributed by atoms with Gasteiger partial charge in [0.2, 0.25) is 0 Å². The first-order valence-corrected chi connectivity index (χ1v) is 6.25. The first kappa shape index (κ1) is 14.8. The Hall–Kier alpha value is -0.280. The van der Waals surface area contributed by atoms with Crippen molar-refractivity contribution in [3.05, 3.63) is 34.9 Å². The predicted octanol–water partition coefficient (Wildman–Crippen LogP) is 2.93. The van der Waals surface area contributed by atoms with Gasteiger partial charge in [-0.05, 0) is 43.5 Å². The lowest BCUT2D eigenvalue weighted by molar-refractivity contribution is 0.308. The third-order valence-electron chi connectivity index (χ3n) is 3.35. The highest BCUT2D eigenvalue weighted by Gasteiger charge is 2.24. The van der Waals surface area contributed by atoms with Crippen molar-refractivity contribution in [3.8, 4) is 0 Å². The Morgan fingerprint density at radius 2 is 2.29 bits per heavy atom. The van der Waals surface area contributed by atoms with E-state index in [0.717, 1.165) is 24.7 Å². The highest BCUT2D eigenvalue weighted by molar-refractivity contribution is 6.30. The van der Waals surface area contributed by atoms with Crippen LogP contribution in [0.4, 0.5) is 0 Å². The van der Waals surface area contributed by atoms with Crippen molar-refractivity contribution in [3.63, 3.8) is 0 Å². The van der Waals surface area contributed by atoms with E-state index in [-0.39, 0.29) is 12.4 Å². The van der Waals surface area contributed by atoms with Gasteiger partial charge in [0.15, 0.2) is 0 Å². The van der Waals surface area contributed by atoms with E-state index in [9.17, 15) is 0 Å². The Kier molecular flexibility index (Phi) is 5.74. The molecule has 1 saturated heterocycles. The summed E-state index contributed by atoms with van der Waals surface area (Å²) < 4.78 is 0. The molecule has 2 unspecified atom stereocenters. The summed E-state index contributed by atoms with van der Waals surface area (Å²) in [5.74, 6) is 0.652. The summed E-state index contributed by atoms with van der Waals surface area (Å²) in [6.07, 6.45) is 1.22. The summed E-state index contributed by atoms with van der Waals surface area (Å²) in [4.78, 5) is 2.46. The van der Waals surface area contributed by atoms with Gasteiger partial charge >= 0.3 is 0 Å². The zero-order valence-electron chi connectivity index (χ0n) is 10.1. The average Bonchev–Trinajstić information content (AvgIpc) is 2.66. The number of likely N-dealkylation sites (tertiary alicyclic amines) is 1. The van der Waals surface area contributed by atoms with Crippen LogP contribution >= 0.6 is 24.0 Å². The summed E-state index contributed by atoms with van der Waals surface area (Å²) in [7, 11) is 0. The van der Waals surface area contributed by atoms with E-state index < -0.39 is 0 Å². The minimum atomic E-state index is 0. The van der Waals surface area contributed by atoms with Gasteiger partial charge in [0.05, 0.1) is 0 Å². The molecule has 1 aliphatic rings. The predicted molar refractivity (Wildman–Crippen MR) is 75.7 cm³/mol. The lowest BCUT2D eigenvalue weighted by Crippen LogP contribution is -2.29. The van der Waals surface area contributed by atoms with Crippen LogP contribution in [0.2, 0.25) is 5.02 Å². The van der Waals surface area contributed by atoms with Gasteiger partial charge in [-0.15, -0.1) is 12.4 Å². The molecule has 96 valence electrons. The summed E-state index contributed by atoms with van der Waals surface area (Å²) in [5.41, 5.74) is 7.22. The summed E-state index contributed by atoms with van der Waals surface area (Å²) in [6, 6.07) is 8.41. The largest absolute Gasteiger partial charge is 0.328 e. The molecule has 0 radical (unpaired) electrons. The number of halogens is 2. The minimum absolute atomic E-state index is 0. The maximum Gasteiger partial charge on any atom is 0.0409 e. The number of hydrogen-bond donors (Lipinski definition) is 1. The second kappa shape index (κ2) is 6.60. The zero-order valence-corrected chi connectivity index (χ0v) is 11.7. The van der Waals surface area contributed by atoms with Crippen LogP contribution in [-0.2, 0) is 6.54 Å². The molecule has 1 aliphatic heterocycles. The Labute approximate surface area is 115 Å². The van der Waals surface area contributed by atoms with E-state index in [2.05, 4.69) is 17.9 Å². The van der Waals surface area contributed by atoms with Gasteiger partial charge < -0.3 is 5.73 Å². The first-order valence-electron chi connectivity index (χ1n) is 5.87.